The number of halogens is 3. The molecule has 0 spiro atoms. The van der Waals surface area contributed by atoms with E-state index in [1.807, 2.05) is 20.8 Å². The van der Waals surface area contributed by atoms with Crippen LogP contribution in [0.25, 0.3) is 0 Å². The lowest BCUT2D eigenvalue weighted by molar-refractivity contribution is -0.0500. The van der Waals surface area contributed by atoms with Crippen LogP contribution in [0.5, 0.6) is 5.75 Å². The third kappa shape index (κ3) is 3.45. The van der Waals surface area contributed by atoms with Crippen molar-refractivity contribution in [1.82, 2.24) is 0 Å². The highest BCUT2D eigenvalue weighted by molar-refractivity contribution is 7.88. The summed E-state index contributed by atoms with van der Waals surface area (Å²) in [5, 5.41) is 0. The Bertz CT molecular complexity index is 611. The zero-order valence-corrected chi connectivity index (χ0v) is 12.7. The third-order valence-corrected chi connectivity index (χ3v) is 3.78. The molecule has 1 aromatic rings. The first-order valence-corrected chi connectivity index (χ1v) is 7.29. The summed E-state index contributed by atoms with van der Waals surface area (Å²) in [5.74, 6) is -0.298. The van der Waals surface area contributed by atoms with Crippen molar-refractivity contribution < 1.29 is 25.8 Å². The Hall–Kier alpha value is -1.24. The molecule has 1 aromatic carbocycles. The monoisotopic (exact) mass is 310 g/mol. The lowest BCUT2D eigenvalue weighted by atomic mass is 9.83. The third-order valence-electron chi connectivity index (χ3n) is 2.81. The number of hydrogen-bond donors (Lipinski definition) is 0. The molecule has 0 saturated heterocycles. The van der Waals surface area contributed by atoms with E-state index in [9.17, 15) is 21.6 Å². The van der Waals surface area contributed by atoms with Crippen LogP contribution in [0.4, 0.5) is 13.2 Å². The highest BCUT2D eigenvalue weighted by Gasteiger charge is 2.48. The van der Waals surface area contributed by atoms with E-state index in [2.05, 4.69) is 4.18 Å². The predicted octanol–water partition coefficient (Wildman–Crippen LogP) is 3.83. The van der Waals surface area contributed by atoms with E-state index in [1.165, 1.54) is 13.0 Å². The molecule has 1 rings (SSSR count). The molecular weight excluding hydrogens is 293 g/mol. The first kappa shape index (κ1) is 16.8. The van der Waals surface area contributed by atoms with Crippen LogP contribution in [0.2, 0.25) is 0 Å². The van der Waals surface area contributed by atoms with Crippen LogP contribution >= 0.6 is 0 Å². The van der Waals surface area contributed by atoms with Crippen molar-refractivity contribution in [2.45, 2.75) is 45.5 Å². The molecule has 0 fully saturated rings. The topological polar surface area (TPSA) is 43.4 Å². The maximum absolute atomic E-state index is 12.3. The molecule has 0 saturated carbocycles. The summed E-state index contributed by atoms with van der Waals surface area (Å²) in [6, 6.07) is 2.97. The number of alkyl halides is 3. The lowest BCUT2D eigenvalue weighted by Gasteiger charge is -2.23. The average molecular weight is 310 g/mol. The second kappa shape index (κ2) is 4.95. The number of aryl methyl sites for hydroxylation is 2. The van der Waals surface area contributed by atoms with Crippen molar-refractivity contribution in [2.75, 3.05) is 0 Å². The molecule has 0 aliphatic rings. The molecule has 0 aliphatic heterocycles. The van der Waals surface area contributed by atoms with E-state index < -0.39 is 15.6 Å². The van der Waals surface area contributed by atoms with E-state index in [4.69, 9.17) is 0 Å². The molecule has 0 N–H and O–H groups in total. The molecular formula is C13H17F3O3S. The summed E-state index contributed by atoms with van der Waals surface area (Å²) < 4.78 is 63.2. The van der Waals surface area contributed by atoms with E-state index in [-0.39, 0.29) is 11.2 Å². The fourth-order valence-corrected chi connectivity index (χ4v) is 2.36. The molecule has 114 valence electrons. The SMILES string of the molecule is Cc1cc(C(C)(C)C)c(C)cc1OS(=O)(=O)C(F)(F)F. The van der Waals surface area contributed by atoms with Crippen molar-refractivity contribution in [3.05, 3.63) is 28.8 Å². The summed E-state index contributed by atoms with van der Waals surface area (Å²) >= 11 is 0. The summed E-state index contributed by atoms with van der Waals surface area (Å²) in [6.45, 7) is 9.09. The van der Waals surface area contributed by atoms with Gasteiger partial charge in [0.25, 0.3) is 0 Å². The second-order valence-corrected chi connectivity index (χ2v) is 7.20. The highest BCUT2D eigenvalue weighted by atomic mass is 32.2. The maximum atomic E-state index is 12.3. The van der Waals surface area contributed by atoms with E-state index in [0.29, 0.717) is 11.1 Å². The molecule has 0 aliphatic carbocycles. The van der Waals surface area contributed by atoms with Gasteiger partial charge in [-0.3, -0.25) is 0 Å². The van der Waals surface area contributed by atoms with Crippen LogP contribution in [0.3, 0.4) is 0 Å². The van der Waals surface area contributed by atoms with Crippen molar-refractivity contribution in [3.63, 3.8) is 0 Å². The molecule has 0 amide bonds. The van der Waals surface area contributed by atoms with Gasteiger partial charge in [0.1, 0.15) is 5.75 Å². The first-order valence-electron chi connectivity index (χ1n) is 5.88. The highest BCUT2D eigenvalue weighted by Crippen LogP contribution is 2.34. The summed E-state index contributed by atoms with van der Waals surface area (Å²) in [5.41, 5.74) is -3.69. The summed E-state index contributed by atoms with van der Waals surface area (Å²) in [4.78, 5) is 0. The largest absolute Gasteiger partial charge is 0.534 e. The molecule has 0 radical (unpaired) electrons. The normalized spacial score (nSPS) is 13.4. The zero-order chi connectivity index (χ0) is 15.9. The van der Waals surface area contributed by atoms with E-state index >= 15 is 0 Å². The van der Waals surface area contributed by atoms with Crippen LogP contribution in [0.1, 0.15) is 37.5 Å². The van der Waals surface area contributed by atoms with Crippen molar-refractivity contribution >= 4 is 10.1 Å². The molecule has 20 heavy (non-hydrogen) atoms. The Morgan fingerprint density at radius 3 is 1.90 bits per heavy atom. The van der Waals surface area contributed by atoms with E-state index in [1.54, 1.807) is 13.0 Å². The van der Waals surface area contributed by atoms with Crippen LogP contribution in [0.15, 0.2) is 12.1 Å². The van der Waals surface area contributed by atoms with Gasteiger partial charge in [-0.25, -0.2) is 0 Å². The van der Waals surface area contributed by atoms with Gasteiger partial charge in [0.05, 0.1) is 0 Å². The Labute approximate surface area is 116 Å². The van der Waals surface area contributed by atoms with Crippen LogP contribution in [-0.2, 0) is 15.5 Å². The maximum Gasteiger partial charge on any atom is 0.534 e. The van der Waals surface area contributed by atoms with E-state index in [0.717, 1.165) is 5.56 Å². The van der Waals surface area contributed by atoms with Gasteiger partial charge in [0.2, 0.25) is 0 Å². The van der Waals surface area contributed by atoms with Gasteiger partial charge in [-0.15, -0.1) is 0 Å². The van der Waals surface area contributed by atoms with Gasteiger partial charge in [-0.1, -0.05) is 26.8 Å². The van der Waals surface area contributed by atoms with Gasteiger partial charge < -0.3 is 4.18 Å². The molecule has 0 atom stereocenters. The Kier molecular flexibility index (Phi) is 4.16. The minimum atomic E-state index is -5.64. The summed E-state index contributed by atoms with van der Waals surface area (Å²) in [7, 11) is -5.64. The van der Waals surface area contributed by atoms with Gasteiger partial charge in [0.15, 0.2) is 0 Å². The van der Waals surface area contributed by atoms with Crippen molar-refractivity contribution in [1.29, 1.82) is 0 Å². The first-order chi connectivity index (χ1) is 8.75. The smallest absolute Gasteiger partial charge is 0.376 e. The van der Waals surface area contributed by atoms with Gasteiger partial charge in [-0.05, 0) is 42.0 Å². The van der Waals surface area contributed by atoms with Crippen LogP contribution < -0.4 is 4.18 Å². The Morgan fingerprint density at radius 1 is 1.00 bits per heavy atom. The number of benzene rings is 1. The summed E-state index contributed by atoms with van der Waals surface area (Å²) in [6.07, 6.45) is 0. The quantitative estimate of drug-likeness (QED) is 0.616. The zero-order valence-electron chi connectivity index (χ0n) is 11.9. The molecule has 0 aromatic heterocycles. The molecule has 0 heterocycles. The van der Waals surface area contributed by atoms with Gasteiger partial charge in [0, 0.05) is 0 Å². The Morgan fingerprint density at radius 2 is 1.50 bits per heavy atom. The molecule has 0 unspecified atom stereocenters. The molecule has 0 bridgehead atoms. The Balaban J connectivity index is 3.28. The average Bonchev–Trinajstić information content (AvgIpc) is 2.19. The molecule has 7 heteroatoms. The fourth-order valence-electron chi connectivity index (χ4n) is 1.85. The van der Waals surface area contributed by atoms with Crippen molar-refractivity contribution in [2.24, 2.45) is 0 Å². The minimum absolute atomic E-state index is 0.198. The molecule has 3 nitrogen and oxygen atoms in total. The predicted molar refractivity (Wildman–Crippen MR) is 70.2 cm³/mol. The second-order valence-electron chi connectivity index (χ2n) is 5.67. The number of rotatable bonds is 2. The fraction of sp³-hybridized carbons (Fsp3) is 0.538. The van der Waals surface area contributed by atoms with Gasteiger partial charge >= 0.3 is 15.6 Å². The minimum Gasteiger partial charge on any atom is -0.376 e. The van der Waals surface area contributed by atoms with Gasteiger partial charge in [-0.2, -0.15) is 21.6 Å². The number of hydrogen-bond acceptors (Lipinski definition) is 3. The lowest BCUT2D eigenvalue weighted by Crippen LogP contribution is -2.28. The van der Waals surface area contributed by atoms with Crippen molar-refractivity contribution in [3.8, 4) is 5.75 Å². The standard InChI is InChI=1S/C13H17F3O3S/c1-8-7-11(19-20(17,18)13(14,15)16)9(2)6-10(8)12(3,4)5/h6-7H,1-5H3. The van der Waals surface area contributed by atoms with Crippen LogP contribution in [-0.4, -0.2) is 13.9 Å². The van der Waals surface area contributed by atoms with Crippen LogP contribution in [0, 0.1) is 13.8 Å².